The molecule has 0 bridgehead atoms. The first-order valence-corrected chi connectivity index (χ1v) is 11.5. The van der Waals surface area contributed by atoms with Crippen LogP contribution in [0.25, 0.3) is 5.78 Å². The second kappa shape index (κ2) is 11.0. The minimum absolute atomic E-state index is 0. The van der Waals surface area contributed by atoms with E-state index in [1.165, 1.54) is 4.52 Å². The molecular formula is C24H27Cl2N7O2. The molecule has 4 aromatic rings. The van der Waals surface area contributed by atoms with Gasteiger partial charge in [-0.15, -0.1) is 12.4 Å². The van der Waals surface area contributed by atoms with Crippen molar-refractivity contribution in [1.29, 1.82) is 0 Å². The van der Waals surface area contributed by atoms with Gasteiger partial charge in [-0.2, -0.15) is 9.50 Å². The summed E-state index contributed by atoms with van der Waals surface area (Å²) in [5.41, 5.74) is 2.70. The maximum absolute atomic E-state index is 12.6. The predicted molar refractivity (Wildman–Crippen MR) is 140 cm³/mol. The molecule has 2 aromatic carbocycles. The van der Waals surface area contributed by atoms with Crippen LogP contribution in [0.5, 0.6) is 5.75 Å². The summed E-state index contributed by atoms with van der Waals surface area (Å²) in [6, 6.07) is 17.2. The number of ether oxygens (including phenoxy) is 1. The number of aromatic nitrogens is 4. The van der Waals surface area contributed by atoms with Gasteiger partial charge in [0, 0.05) is 50.4 Å². The molecule has 2 N–H and O–H groups in total. The molecule has 1 aliphatic heterocycles. The zero-order valence-corrected chi connectivity index (χ0v) is 20.8. The Kier molecular flexibility index (Phi) is 7.80. The molecule has 1 aliphatic rings. The Hall–Kier alpha value is -3.27. The summed E-state index contributed by atoms with van der Waals surface area (Å²) in [5.74, 6) is 1.73. The number of fused-ring (bicyclic) bond motifs is 1. The molecule has 9 nitrogen and oxygen atoms in total. The minimum Gasteiger partial charge on any atom is -0.495 e. The number of nitrogens with zero attached hydrogens (tertiary/aromatic N) is 5. The Morgan fingerprint density at radius 2 is 1.80 bits per heavy atom. The van der Waals surface area contributed by atoms with Crippen molar-refractivity contribution in [3.05, 3.63) is 81.2 Å². The van der Waals surface area contributed by atoms with Gasteiger partial charge in [-0.1, -0.05) is 35.9 Å². The van der Waals surface area contributed by atoms with Crippen molar-refractivity contribution in [2.75, 3.05) is 43.5 Å². The van der Waals surface area contributed by atoms with E-state index in [0.717, 1.165) is 43.2 Å². The lowest BCUT2D eigenvalue weighted by atomic mass is 10.2. The quantitative estimate of drug-likeness (QED) is 0.389. The van der Waals surface area contributed by atoms with Crippen LogP contribution in [-0.2, 0) is 13.1 Å². The van der Waals surface area contributed by atoms with Gasteiger partial charge in [-0.25, -0.2) is 4.98 Å². The minimum atomic E-state index is -0.181. The highest BCUT2D eigenvalue weighted by Gasteiger charge is 2.20. The molecule has 35 heavy (non-hydrogen) atoms. The number of benzene rings is 2. The van der Waals surface area contributed by atoms with E-state index >= 15 is 0 Å². The van der Waals surface area contributed by atoms with Crippen LogP contribution in [0, 0.1) is 0 Å². The van der Waals surface area contributed by atoms with Crippen LogP contribution in [0.15, 0.2) is 59.4 Å². The Morgan fingerprint density at radius 1 is 1.06 bits per heavy atom. The highest BCUT2D eigenvalue weighted by Crippen LogP contribution is 2.28. The van der Waals surface area contributed by atoms with Crippen LogP contribution in [0.1, 0.15) is 11.3 Å². The lowest BCUT2D eigenvalue weighted by molar-refractivity contribution is 0.246. The van der Waals surface area contributed by atoms with E-state index in [2.05, 4.69) is 36.2 Å². The second-order valence-corrected chi connectivity index (χ2v) is 8.64. The standard InChI is InChI=1S/C24H26ClN7O2.ClH/c1-34-21-5-3-2-4-20(21)31-12-10-30(11-13-31)16-19-14-22(33)32-24(27-19)28-23(29-32)26-15-17-6-8-18(25)9-7-17;/h2-9,14H,10-13,15-16H2,1H3,(H2,26,27,28,29);1H. The largest absolute Gasteiger partial charge is 0.495 e. The van der Waals surface area contributed by atoms with E-state index in [-0.39, 0.29) is 18.0 Å². The molecule has 1 fully saturated rings. The molecule has 2 aromatic heterocycles. The fourth-order valence-electron chi connectivity index (χ4n) is 4.14. The van der Waals surface area contributed by atoms with Crippen molar-refractivity contribution in [2.45, 2.75) is 13.1 Å². The van der Waals surface area contributed by atoms with Gasteiger partial charge >= 0.3 is 0 Å². The van der Waals surface area contributed by atoms with Crippen molar-refractivity contribution in [3.8, 4) is 5.75 Å². The first-order chi connectivity index (χ1) is 16.6. The van der Waals surface area contributed by atoms with Gasteiger partial charge in [0.2, 0.25) is 5.95 Å². The lowest BCUT2D eigenvalue weighted by Crippen LogP contribution is -2.46. The third kappa shape index (κ3) is 5.70. The Balaban J connectivity index is 0.00000289. The van der Waals surface area contributed by atoms with Crippen LogP contribution >= 0.6 is 24.0 Å². The first-order valence-electron chi connectivity index (χ1n) is 11.2. The summed E-state index contributed by atoms with van der Waals surface area (Å²) < 4.78 is 6.86. The number of halogens is 2. The van der Waals surface area contributed by atoms with Crippen molar-refractivity contribution >= 4 is 41.4 Å². The number of anilines is 2. The number of para-hydroxylation sites is 2. The van der Waals surface area contributed by atoms with Gasteiger partial charge in [0.05, 0.1) is 18.5 Å². The van der Waals surface area contributed by atoms with Gasteiger partial charge in [0.15, 0.2) is 0 Å². The molecule has 0 spiro atoms. The average molecular weight is 516 g/mol. The van der Waals surface area contributed by atoms with Crippen LogP contribution in [-0.4, -0.2) is 57.8 Å². The summed E-state index contributed by atoms with van der Waals surface area (Å²) in [7, 11) is 1.70. The normalized spacial score (nSPS) is 14.1. The summed E-state index contributed by atoms with van der Waals surface area (Å²) in [4.78, 5) is 26.3. The van der Waals surface area contributed by atoms with E-state index in [1.807, 2.05) is 42.5 Å². The van der Waals surface area contributed by atoms with Crippen LogP contribution < -0.4 is 20.5 Å². The van der Waals surface area contributed by atoms with Crippen molar-refractivity contribution in [3.63, 3.8) is 0 Å². The molecule has 1 saturated heterocycles. The zero-order chi connectivity index (χ0) is 23.5. The van der Waals surface area contributed by atoms with Gasteiger partial charge in [-0.05, 0) is 29.8 Å². The summed E-state index contributed by atoms with van der Waals surface area (Å²) in [6.07, 6.45) is 0. The fourth-order valence-corrected chi connectivity index (χ4v) is 4.27. The molecule has 0 amide bonds. The molecule has 184 valence electrons. The van der Waals surface area contributed by atoms with Gasteiger partial charge in [0.25, 0.3) is 11.3 Å². The number of piperazine rings is 1. The maximum atomic E-state index is 12.6. The molecule has 5 rings (SSSR count). The van der Waals surface area contributed by atoms with Gasteiger partial charge in [0.1, 0.15) is 5.75 Å². The smallest absolute Gasteiger partial charge is 0.274 e. The average Bonchev–Trinajstić information content (AvgIpc) is 3.28. The zero-order valence-electron chi connectivity index (χ0n) is 19.3. The van der Waals surface area contributed by atoms with Crippen LogP contribution in [0.3, 0.4) is 0 Å². The van der Waals surface area contributed by atoms with E-state index in [9.17, 15) is 4.79 Å². The molecule has 0 aliphatic carbocycles. The molecule has 0 unspecified atom stereocenters. The highest BCUT2D eigenvalue weighted by atomic mass is 35.5. The number of aromatic amines is 1. The van der Waals surface area contributed by atoms with Crippen LogP contribution in [0.2, 0.25) is 5.02 Å². The second-order valence-electron chi connectivity index (χ2n) is 8.21. The molecule has 11 heteroatoms. The number of H-pyrrole nitrogens is 1. The Morgan fingerprint density at radius 3 is 2.54 bits per heavy atom. The topological polar surface area (TPSA) is 90.8 Å². The maximum Gasteiger partial charge on any atom is 0.274 e. The summed E-state index contributed by atoms with van der Waals surface area (Å²) >= 11 is 5.94. The highest BCUT2D eigenvalue weighted by molar-refractivity contribution is 6.30. The summed E-state index contributed by atoms with van der Waals surface area (Å²) in [6.45, 7) is 4.65. The molecule has 0 saturated carbocycles. The third-order valence-electron chi connectivity index (χ3n) is 5.94. The fraction of sp³-hybridized carbons (Fsp3) is 0.292. The van der Waals surface area contributed by atoms with E-state index in [0.29, 0.717) is 35.5 Å². The van der Waals surface area contributed by atoms with Gasteiger partial charge < -0.3 is 15.0 Å². The molecule has 0 atom stereocenters. The first kappa shape index (κ1) is 24.8. The van der Waals surface area contributed by atoms with Crippen LogP contribution in [0.4, 0.5) is 11.6 Å². The SMILES string of the molecule is COc1ccccc1N1CCN(Cc2cc(=O)n3[nH]c(NCc4ccc(Cl)cc4)nc3n2)CC1.Cl. The third-order valence-corrected chi connectivity index (χ3v) is 6.19. The number of hydrogen-bond donors (Lipinski definition) is 2. The predicted octanol–water partition coefficient (Wildman–Crippen LogP) is 3.44. The lowest BCUT2D eigenvalue weighted by Gasteiger charge is -2.36. The number of rotatable bonds is 7. The van der Waals surface area contributed by atoms with E-state index < -0.39 is 0 Å². The molecular weight excluding hydrogens is 489 g/mol. The Labute approximate surface area is 214 Å². The number of nitrogens with one attached hydrogen (secondary N) is 2. The van der Waals surface area contributed by atoms with Gasteiger partial charge in [-0.3, -0.25) is 14.8 Å². The Bertz CT molecular complexity index is 1330. The van der Waals surface area contributed by atoms with E-state index in [4.69, 9.17) is 16.3 Å². The number of methoxy groups -OCH3 is 1. The monoisotopic (exact) mass is 515 g/mol. The van der Waals surface area contributed by atoms with Crippen molar-refractivity contribution < 1.29 is 4.74 Å². The van der Waals surface area contributed by atoms with Crippen molar-refractivity contribution in [2.24, 2.45) is 0 Å². The van der Waals surface area contributed by atoms with E-state index in [1.54, 1.807) is 13.2 Å². The number of hydrogen-bond acceptors (Lipinski definition) is 7. The molecule has 0 radical (unpaired) electrons. The summed E-state index contributed by atoms with van der Waals surface area (Å²) in [5, 5.41) is 6.86. The van der Waals surface area contributed by atoms with Crippen molar-refractivity contribution in [1.82, 2.24) is 24.5 Å². The molecule has 3 heterocycles.